The summed E-state index contributed by atoms with van der Waals surface area (Å²) in [6.45, 7) is 4.47. The number of hydrogen-bond acceptors (Lipinski definition) is 5. The number of rotatable bonds is 3. The van der Waals surface area contributed by atoms with E-state index < -0.39 is 0 Å². The van der Waals surface area contributed by atoms with Gasteiger partial charge in [-0.15, -0.1) is 0 Å². The van der Waals surface area contributed by atoms with Crippen LogP contribution >= 0.6 is 0 Å². The predicted octanol–water partition coefficient (Wildman–Crippen LogP) is 1.40. The Morgan fingerprint density at radius 2 is 2.24 bits per heavy atom. The molecule has 1 aromatic carbocycles. The van der Waals surface area contributed by atoms with Crippen molar-refractivity contribution in [1.82, 2.24) is 9.88 Å². The topological polar surface area (TPSA) is 71.6 Å². The second-order valence-electron chi connectivity index (χ2n) is 5.66. The first-order chi connectivity index (χ1) is 10.2. The molecule has 2 atom stereocenters. The standard InChI is InChI=1S/C16H21N3O2/c1-11-7-19(9-13(10-20)21-11)8-12-4-5-15(17)14-3-2-6-18-16(12)14/h2-6,11,13,20H,7-10,17H2,1H3. The molecule has 5 nitrogen and oxygen atoms in total. The van der Waals surface area contributed by atoms with Crippen molar-refractivity contribution in [2.75, 3.05) is 25.4 Å². The van der Waals surface area contributed by atoms with Crippen molar-refractivity contribution in [1.29, 1.82) is 0 Å². The summed E-state index contributed by atoms with van der Waals surface area (Å²) in [5.41, 5.74) is 8.89. The zero-order valence-electron chi connectivity index (χ0n) is 12.2. The lowest BCUT2D eigenvalue weighted by Crippen LogP contribution is -2.47. The van der Waals surface area contributed by atoms with Crippen molar-refractivity contribution in [2.24, 2.45) is 0 Å². The minimum absolute atomic E-state index is 0.0571. The fraction of sp³-hybridized carbons (Fsp3) is 0.438. The maximum Gasteiger partial charge on any atom is 0.0936 e. The summed E-state index contributed by atoms with van der Waals surface area (Å²) in [6.07, 6.45) is 1.81. The Kier molecular flexibility index (Phi) is 4.05. The van der Waals surface area contributed by atoms with Crippen molar-refractivity contribution in [3.05, 3.63) is 36.0 Å². The van der Waals surface area contributed by atoms with Crippen LogP contribution in [0.4, 0.5) is 5.69 Å². The van der Waals surface area contributed by atoms with Crippen molar-refractivity contribution in [3.8, 4) is 0 Å². The van der Waals surface area contributed by atoms with Crippen molar-refractivity contribution in [2.45, 2.75) is 25.7 Å². The number of pyridine rings is 1. The summed E-state index contributed by atoms with van der Waals surface area (Å²) in [5.74, 6) is 0. The number of nitrogen functional groups attached to an aromatic ring is 1. The van der Waals surface area contributed by atoms with E-state index in [2.05, 4.69) is 9.88 Å². The van der Waals surface area contributed by atoms with Crippen LogP contribution in [-0.2, 0) is 11.3 Å². The van der Waals surface area contributed by atoms with Gasteiger partial charge < -0.3 is 15.6 Å². The van der Waals surface area contributed by atoms with E-state index in [1.165, 1.54) is 0 Å². The molecule has 0 amide bonds. The lowest BCUT2D eigenvalue weighted by Gasteiger charge is -2.36. The molecule has 2 aromatic rings. The molecule has 0 aliphatic carbocycles. The molecule has 0 saturated carbocycles. The number of ether oxygens (including phenoxy) is 1. The van der Waals surface area contributed by atoms with E-state index in [0.29, 0.717) is 0 Å². The lowest BCUT2D eigenvalue weighted by molar-refractivity contribution is -0.0971. The van der Waals surface area contributed by atoms with Gasteiger partial charge in [-0.2, -0.15) is 0 Å². The largest absolute Gasteiger partial charge is 0.398 e. The first kappa shape index (κ1) is 14.3. The number of benzene rings is 1. The van der Waals surface area contributed by atoms with E-state index in [0.717, 1.165) is 41.8 Å². The third-order valence-electron chi connectivity index (χ3n) is 3.89. The number of hydrogen-bond donors (Lipinski definition) is 2. The molecule has 1 saturated heterocycles. The number of nitrogens with two attached hydrogens (primary N) is 1. The first-order valence-electron chi connectivity index (χ1n) is 7.28. The zero-order valence-corrected chi connectivity index (χ0v) is 12.2. The normalized spacial score (nSPS) is 23.5. The quantitative estimate of drug-likeness (QED) is 0.835. The van der Waals surface area contributed by atoms with Crippen LogP contribution in [0.25, 0.3) is 10.9 Å². The molecule has 3 rings (SSSR count). The van der Waals surface area contributed by atoms with Gasteiger partial charge in [0.05, 0.1) is 24.3 Å². The number of aromatic nitrogens is 1. The summed E-state index contributed by atoms with van der Waals surface area (Å²) < 4.78 is 5.68. The smallest absolute Gasteiger partial charge is 0.0936 e. The molecule has 2 heterocycles. The Bertz CT molecular complexity index is 632. The van der Waals surface area contributed by atoms with E-state index in [-0.39, 0.29) is 18.8 Å². The lowest BCUT2D eigenvalue weighted by atomic mass is 10.1. The summed E-state index contributed by atoms with van der Waals surface area (Å²) in [6, 6.07) is 7.88. The van der Waals surface area contributed by atoms with Crippen LogP contribution < -0.4 is 5.73 Å². The number of fused-ring (bicyclic) bond motifs is 1. The van der Waals surface area contributed by atoms with Gasteiger partial charge in [-0.25, -0.2) is 0 Å². The molecular formula is C16H21N3O2. The van der Waals surface area contributed by atoms with E-state index in [4.69, 9.17) is 10.5 Å². The van der Waals surface area contributed by atoms with Crippen LogP contribution in [-0.4, -0.2) is 46.9 Å². The van der Waals surface area contributed by atoms with Crippen molar-refractivity contribution in [3.63, 3.8) is 0 Å². The van der Waals surface area contributed by atoms with Gasteiger partial charge >= 0.3 is 0 Å². The van der Waals surface area contributed by atoms with Gasteiger partial charge in [0.25, 0.3) is 0 Å². The third kappa shape index (κ3) is 3.00. The fourth-order valence-corrected chi connectivity index (χ4v) is 2.99. The molecule has 1 aliphatic rings. The van der Waals surface area contributed by atoms with Gasteiger partial charge in [0.2, 0.25) is 0 Å². The monoisotopic (exact) mass is 287 g/mol. The highest BCUT2D eigenvalue weighted by Gasteiger charge is 2.25. The highest BCUT2D eigenvalue weighted by Crippen LogP contribution is 2.24. The second-order valence-corrected chi connectivity index (χ2v) is 5.66. The van der Waals surface area contributed by atoms with Crippen molar-refractivity contribution < 1.29 is 9.84 Å². The Morgan fingerprint density at radius 1 is 1.38 bits per heavy atom. The molecule has 2 unspecified atom stereocenters. The molecule has 1 fully saturated rings. The Morgan fingerprint density at radius 3 is 3.05 bits per heavy atom. The zero-order chi connectivity index (χ0) is 14.8. The highest BCUT2D eigenvalue weighted by molar-refractivity contribution is 5.92. The van der Waals surface area contributed by atoms with Crippen LogP contribution in [0.2, 0.25) is 0 Å². The number of aliphatic hydroxyl groups is 1. The molecule has 112 valence electrons. The molecule has 21 heavy (non-hydrogen) atoms. The first-order valence-corrected chi connectivity index (χ1v) is 7.28. The van der Waals surface area contributed by atoms with E-state index >= 15 is 0 Å². The number of nitrogens with zero attached hydrogens (tertiary/aromatic N) is 2. The number of aliphatic hydroxyl groups excluding tert-OH is 1. The van der Waals surface area contributed by atoms with Gasteiger partial charge in [0, 0.05) is 36.9 Å². The van der Waals surface area contributed by atoms with E-state index in [1.807, 2.05) is 31.2 Å². The highest BCUT2D eigenvalue weighted by atomic mass is 16.5. The van der Waals surface area contributed by atoms with Gasteiger partial charge in [-0.1, -0.05) is 6.07 Å². The van der Waals surface area contributed by atoms with Crippen LogP contribution in [0.15, 0.2) is 30.5 Å². The maximum absolute atomic E-state index is 9.32. The summed E-state index contributed by atoms with van der Waals surface area (Å²) >= 11 is 0. The minimum atomic E-state index is -0.109. The SMILES string of the molecule is CC1CN(Cc2ccc(N)c3cccnc23)CC(CO)O1. The van der Waals surface area contributed by atoms with E-state index in [1.54, 1.807) is 6.20 Å². The summed E-state index contributed by atoms with van der Waals surface area (Å²) in [4.78, 5) is 6.78. The Balaban J connectivity index is 1.86. The van der Waals surface area contributed by atoms with Gasteiger partial charge in [-0.05, 0) is 30.7 Å². The Hall–Kier alpha value is -1.69. The van der Waals surface area contributed by atoms with Gasteiger partial charge in [0.15, 0.2) is 0 Å². The second kappa shape index (κ2) is 5.97. The molecule has 0 radical (unpaired) electrons. The fourth-order valence-electron chi connectivity index (χ4n) is 2.99. The van der Waals surface area contributed by atoms with Crippen LogP contribution in [0, 0.1) is 0 Å². The van der Waals surface area contributed by atoms with Crippen molar-refractivity contribution >= 4 is 16.6 Å². The molecule has 1 aromatic heterocycles. The van der Waals surface area contributed by atoms with Gasteiger partial charge in [0.1, 0.15) is 0 Å². The van der Waals surface area contributed by atoms with Crippen LogP contribution in [0.1, 0.15) is 12.5 Å². The van der Waals surface area contributed by atoms with Crippen LogP contribution in [0.3, 0.4) is 0 Å². The molecule has 3 N–H and O–H groups in total. The minimum Gasteiger partial charge on any atom is -0.398 e. The molecule has 0 bridgehead atoms. The number of morpholine rings is 1. The van der Waals surface area contributed by atoms with E-state index in [9.17, 15) is 5.11 Å². The molecule has 1 aliphatic heterocycles. The summed E-state index contributed by atoms with van der Waals surface area (Å²) in [7, 11) is 0. The van der Waals surface area contributed by atoms with Crippen LogP contribution in [0.5, 0.6) is 0 Å². The summed E-state index contributed by atoms with van der Waals surface area (Å²) in [5, 5.41) is 10.3. The maximum atomic E-state index is 9.32. The predicted molar refractivity (Wildman–Crippen MR) is 82.9 cm³/mol. The Labute approximate surface area is 124 Å². The molecular weight excluding hydrogens is 266 g/mol. The van der Waals surface area contributed by atoms with Gasteiger partial charge in [-0.3, -0.25) is 9.88 Å². The molecule has 5 heteroatoms. The average Bonchev–Trinajstić information content (AvgIpc) is 2.50. The number of anilines is 1. The molecule has 0 spiro atoms. The average molecular weight is 287 g/mol. The third-order valence-corrected chi connectivity index (χ3v) is 3.89.